The average Bonchev–Trinajstić information content (AvgIpc) is 2.82. The largest absolute Gasteiger partial charge is 0.378 e. The minimum atomic E-state index is -3.83. The highest BCUT2D eigenvalue weighted by Gasteiger charge is 2.28. The third kappa shape index (κ3) is 6.55. The van der Waals surface area contributed by atoms with Crippen molar-refractivity contribution in [2.24, 2.45) is 0 Å². The van der Waals surface area contributed by atoms with Crippen LogP contribution in [0.25, 0.3) is 0 Å². The van der Waals surface area contributed by atoms with Gasteiger partial charge in [0, 0.05) is 12.0 Å². The fourth-order valence-corrected chi connectivity index (χ4v) is 5.49. The van der Waals surface area contributed by atoms with Gasteiger partial charge in [0.1, 0.15) is 10.7 Å². The van der Waals surface area contributed by atoms with E-state index >= 15 is 0 Å². The van der Waals surface area contributed by atoms with Gasteiger partial charge in [-0.25, -0.2) is 17.5 Å². The van der Waals surface area contributed by atoms with Crippen LogP contribution in [-0.2, 0) is 32.4 Å². The van der Waals surface area contributed by atoms with Crippen LogP contribution in [0.15, 0.2) is 77.7 Å². The second kappa shape index (κ2) is 11.3. The Balaban J connectivity index is 1.50. The van der Waals surface area contributed by atoms with Crippen LogP contribution in [0.4, 0.5) is 4.39 Å². The summed E-state index contributed by atoms with van der Waals surface area (Å²) in [5.41, 5.74) is 1.58. The number of rotatable bonds is 10. The second-order valence-electron chi connectivity index (χ2n) is 8.49. The zero-order valence-electron chi connectivity index (χ0n) is 19.1. The van der Waals surface area contributed by atoms with E-state index in [4.69, 9.17) is 16.3 Å². The van der Waals surface area contributed by atoms with Gasteiger partial charge in [-0.15, -0.1) is 0 Å². The van der Waals surface area contributed by atoms with E-state index in [1.807, 2.05) is 30.3 Å². The molecule has 1 aliphatic heterocycles. The molecule has 0 aliphatic carbocycles. The number of carbonyl (C=O) groups excluding carboxylic acids is 2. The number of amides is 1. The Kier molecular flexibility index (Phi) is 8.15. The zero-order chi connectivity index (χ0) is 25.7. The van der Waals surface area contributed by atoms with Crippen molar-refractivity contribution in [1.29, 1.82) is 0 Å². The van der Waals surface area contributed by atoms with E-state index in [9.17, 15) is 22.4 Å². The lowest BCUT2D eigenvalue weighted by Gasteiger charge is -2.26. The van der Waals surface area contributed by atoms with Gasteiger partial charge in [-0.2, -0.15) is 0 Å². The molecule has 10 heteroatoms. The third-order valence-electron chi connectivity index (χ3n) is 5.71. The third-order valence-corrected chi connectivity index (χ3v) is 7.71. The highest BCUT2D eigenvalue weighted by Crippen LogP contribution is 2.24. The number of hydrogen-bond donors (Lipinski definition) is 2. The molecule has 7 nitrogen and oxygen atoms in total. The molecule has 1 saturated heterocycles. The lowest BCUT2D eigenvalue weighted by atomic mass is 9.97. The van der Waals surface area contributed by atoms with Gasteiger partial charge >= 0.3 is 0 Å². The number of hydrogen-bond acceptors (Lipinski definition) is 5. The lowest BCUT2D eigenvalue weighted by molar-refractivity contribution is -0.120. The van der Waals surface area contributed by atoms with Crippen LogP contribution >= 0.6 is 11.6 Å². The number of carbonyl (C=O) groups is 2. The molecule has 36 heavy (non-hydrogen) atoms. The quantitative estimate of drug-likeness (QED) is 0.419. The molecule has 0 spiro atoms. The first-order valence-electron chi connectivity index (χ1n) is 11.2. The summed E-state index contributed by atoms with van der Waals surface area (Å²) in [5.74, 6) is -1.26. The number of halogens is 2. The van der Waals surface area contributed by atoms with Gasteiger partial charge < -0.3 is 10.1 Å². The van der Waals surface area contributed by atoms with Crippen molar-refractivity contribution < 1.29 is 27.1 Å². The lowest BCUT2D eigenvalue weighted by Crippen LogP contribution is -2.48. The molecule has 1 fully saturated rings. The molecule has 3 aromatic rings. The van der Waals surface area contributed by atoms with Crippen molar-refractivity contribution in [3.8, 4) is 0 Å². The van der Waals surface area contributed by atoms with Crippen molar-refractivity contribution in [2.45, 2.75) is 29.8 Å². The molecule has 1 aliphatic rings. The smallest absolute Gasteiger partial charge is 0.251 e. The van der Waals surface area contributed by atoms with Crippen molar-refractivity contribution in [3.63, 3.8) is 0 Å². The molecular weight excluding hydrogens is 507 g/mol. The minimum Gasteiger partial charge on any atom is -0.378 e. The monoisotopic (exact) mass is 530 g/mol. The molecule has 0 bridgehead atoms. The maximum Gasteiger partial charge on any atom is 0.251 e. The molecule has 0 radical (unpaired) electrons. The van der Waals surface area contributed by atoms with Gasteiger partial charge in [-0.3, -0.25) is 9.59 Å². The van der Waals surface area contributed by atoms with Crippen LogP contribution in [0.3, 0.4) is 0 Å². The summed E-state index contributed by atoms with van der Waals surface area (Å²) in [6.45, 7) is 0.603. The van der Waals surface area contributed by atoms with E-state index < -0.39 is 27.8 Å². The Labute approximate surface area is 213 Å². The molecule has 1 atom stereocenters. The highest BCUT2D eigenvalue weighted by atomic mass is 35.5. The van der Waals surface area contributed by atoms with E-state index in [2.05, 4.69) is 10.0 Å². The van der Waals surface area contributed by atoms with Crippen LogP contribution in [0.5, 0.6) is 0 Å². The zero-order valence-corrected chi connectivity index (χ0v) is 20.7. The predicted octanol–water partition coefficient (Wildman–Crippen LogP) is 3.31. The second-order valence-corrected chi connectivity index (χ2v) is 10.6. The number of benzene rings is 3. The molecule has 1 amide bonds. The van der Waals surface area contributed by atoms with Gasteiger partial charge in [0.05, 0.1) is 30.3 Å². The van der Waals surface area contributed by atoms with Gasteiger partial charge in [-0.1, -0.05) is 48.0 Å². The number of nitrogens with one attached hydrogen (secondary N) is 2. The van der Waals surface area contributed by atoms with Crippen LogP contribution in [0.1, 0.15) is 21.5 Å². The van der Waals surface area contributed by atoms with Gasteiger partial charge in [0.2, 0.25) is 10.0 Å². The predicted molar refractivity (Wildman–Crippen MR) is 133 cm³/mol. The van der Waals surface area contributed by atoms with E-state index in [-0.39, 0.29) is 40.1 Å². The summed E-state index contributed by atoms with van der Waals surface area (Å²) in [5, 5.41) is 2.73. The molecule has 1 heterocycles. The fraction of sp³-hybridized carbons (Fsp3) is 0.231. The van der Waals surface area contributed by atoms with Crippen molar-refractivity contribution in [1.82, 2.24) is 10.0 Å². The molecule has 0 unspecified atom stereocenters. The number of sulfonamides is 1. The number of ether oxygens (including phenoxy) is 1. The van der Waals surface area contributed by atoms with Crippen LogP contribution in [0.2, 0.25) is 5.02 Å². The Bertz CT molecular complexity index is 1350. The topological polar surface area (TPSA) is 102 Å². The van der Waals surface area contributed by atoms with E-state index in [1.54, 1.807) is 0 Å². The molecular formula is C26H24ClFN2O5S. The Morgan fingerprint density at radius 3 is 2.31 bits per heavy atom. The molecule has 2 N–H and O–H groups in total. The van der Waals surface area contributed by atoms with E-state index in [0.717, 1.165) is 5.56 Å². The minimum absolute atomic E-state index is 0.0111. The summed E-state index contributed by atoms with van der Waals surface area (Å²) >= 11 is 6.27. The van der Waals surface area contributed by atoms with Gasteiger partial charge in [0.25, 0.3) is 5.91 Å². The van der Waals surface area contributed by atoms with E-state index in [1.165, 1.54) is 42.5 Å². The molecule has 0 saturated carbocycles. The fourth-order valence-electron chi connectivity index (χ4n) is 3.72. The molecule has 0 aromatic heterocycles. The van der Waals surface area contributed by atoms with Crippen LogP contribution in [-0.4, -0.2) is 45.4 Å². The standard InChI is InChI=1S/C26H24ClFN2O5S/c27-22-12-18(6-11-25(22)36(33,34)30-21-15-35-16-21)14-24(31)23(13-17-4-2-1-3-5-17)29-26(32)19-7-9-20(28)10-8-19/h1-12,21,23,30H,13-16H2,(H,29,32)/t23-/m0/s1. The Hall–Kier alpha value is -3.11. The first-order valence-corrected chi connectivity index (χ1v) is 13.1. The summed E-state index contributed by atoms with van der Waals surface area (Å²) in [6.07, 6.45) is 0.172. The Morgan fingerprint density at radius 2 is 1.69 bits per heavy atom. The van der Waals surface area contributed by atoms with E-state index in [0.29, 0.717) is 18.8 Å². The molecule has 4 rings (SSSR count). The highest BCUT2D eigenvalue weighted by molar-refractivity contribution is 7.89. The van der Waals surface area contributed by atoms with Crippen LogP contribution < -0.4 is 10.0 Å². The van der Waals surface area contributed by atoms with Gasteiger partial charge in [-0.05, 0) is 53.9 Å². The van der Waals surface area contributed by atoms with Crippen molar-refractivity contribution >= 4 is 33.3 Å². The summed E-state index contributed by atoms with van der Waals surface area (Å²) in [4.78, 5) is 25.9. The molecule has 3 aromatic carbocycles. The normalized spacial score (nSPS) is 14.6. The SMILES string of the molecule is O=C(N[C@@H](Cc1ccccc1)C(=O)Cc1ccc(S(=O)(=O)NC2COC2)c(Cl)c1)c1ccc(F)cc1. The van der Waals surface area contributed by atoms with Gasteiger partial charge in [0.15, 0.2) is 5.78 Å². The Morgan fingerprint density at radius 1 is 1.00 bits per heavy atom. The summed E-state index contributed by atoms with van der Waals surface area (Å²) in [6, 6.07) is 17.4. The maximum absolute atomic E-state index is 13.3. The average molecular weight is 531 g/mol. The van der Waals surface area contributed by atoms with Crippen molar-refractivity contribution in [3.05, 3.63) is 100 Å². The first-order chi connectivity index (χ1) is 17.2. The van der Waals surface area contributed by atoms with Crippen molar-refractivity contribution in [2.75, 3.05) is 13.2 Å². The summed E-state index contributed by atoms with van der Waals surface area (Å²) in [7, 11) is -3.83. The number of Topliss-reactive ketones (excluding diaryl/α,β-unsaturated/α-hetero) is 1. The first kappa shape index (κ1) is 26.0. The maximum atomic E-state index is 13.3. The summed E-state index contributed by atoms with van der Waals surface area (Å²) < 4.78 is 45.9. The molecule has 188 valence electrons. The number of ketones is 1. The van der Waals surface area contributed by atoms with Crippen LogP contribution in [0, 0.1) is 5.82 Å².